The summed E-state index contributed by atoms with van der Waals surface area (Å²) in [7, 11) is 2.04. The highest BCUT2D eigenvalue weighted by atomic mass is 16.5. The summed E-state index contributed by atoms with van der Waals surface area (Å²) in [4.78, 5) is 42.5. The Balaban J connectivity index is 1.39. The Morgan fingerprint density at radius 2 is 1.88 bits per heavy atom. The number of rotatable bonds is 7. The number of carbonyl (C=O) groups is 3. The number of ether oxygens (including phenoxy) is 1. The van der Waals surface area contributed by atoms with E-state index in [1.807, 2.05) is 23.6 Å². The Morgan fingerprint density at radius 1 is 1.15 bits per heavy atom. The lowest BCUT2D eigenvalue weighted by Crippen LogP contribution is -2.47. The largest absolute Gasteiger partial charge is 0.478 e. The first-order valence-corrected chi connectivity index (χ1v) is 14.5. The number of aromatic carboxylic acids is 1. The minimum absolute atomic E-state index is 0.0345. The fraction of sp³-hybridized carbons (Fsp3) is 0.600. The monoisotopic (exact) mass is 551 g/mol. The maximum Gasteiger partial charge on any atom is 0.335 e. The zero-order valence-electron chi connectivity index (χ0n) is 23.9. The van der Waals surface area contributed by atoms with Crippen molar-refractivity contribution >= 4 is 17.8 Å². The molecule has 0 unspecified atom stereocenters. The summed E-state index contributed by atoms with van der Waals surface area (Å²) < 4.78 is 7.44. The number of aromatic nitrogens is 2. The molecule has 1 atom stereocenters. The second-order valence-corrected chi connectivity index (χ2v) is 11.8. The Kier molecular flexibility index (Phi) is 8.28. The molecule has 10 heteroatoms. The summed E-state index contributed by atoms with van der Waals surface area (Å²) in [5, 5.41) is 17.9. The molecule has 3 aliphatic heterocycles. The van der Waals surface area contributed by atoms with E-state index in [1.165, 1.54) is 0 Å². The third-order valence-corrected chi connectivity index (χ3v) is 8.86. The van der Waals surface area contributed by atoms with E-state index in [-0.39, 0.29) is 28.7 Å². The van der Waals surface area contributed by atoms with E-state index in [2.05, 4.69) is 17.1 Å². The van der Waals surface area contributed by atoms with Crippen molar-refractivity contribution in [2.24, 2.45) is 11.3 Å². The van der Waals surface area contributed by atoms with Crippen molar-refractivity contribution in [1.29, 1.82) is 0 Å². The van der Waals surface area contributed by atoms with Gasteiger partial charge in [-0.2, -0.15) is 5.10 Å². The average Bonchev–Trinajstić information content (AvgIpc) is 3.21. The lowest BCUT2D eigenvalue weighted by atomic mass is 9.75. The third kappa shape index (κ3) is 5.78. The normalized spacial score (nSPS) is 20.1. The van der Waals surface area contributed by atoms with E-state index in [4.69, 9.17) is 9.84 Å². The number of amides is 2. The molecular weight excluding hydrogens is 510 g/mol. The van der Waals surface area contributed by atoms with Crippen LogP contribution in [0.15, 0.2) is 18.2 Å². The van der Waals surface area contributed by atoms with Gasteiger partial charge in [-0.05, 0) is 81.2 Å². The molecule has 2 amide bonds. The number of carboxylic acid groups (broad SMARTS) is 1. The highest BCUT2D eigenvalue weighted by molar-refractivity contribution is 5.97. The van der Waals surface area contributed by atoms with Crippen LogP contribution in [-0.2, 0) is 30.5 Å². The van der Waals surface area contributed by atoms with Gasteiger partial charge < -0.3 is 25.0 Å². The van der Waals surface area contributed by atoms with Gasteiger partial charge in [-0.1, -0.05) is 6.92 Å². The van der Waals surface area contributed by atoms with Gasteiger partial charge >= 0.3 is 5.97 Å². The number of hydrogen-bond acceptors (Lipinski definition) is 6. The van der Waals surface area contributed by atoms with Crippen LogP contribution in [0.25, 0.3) is 0 Å². The van der Waals surface area contributed by atoms with Crippen molar-refractivity contribution in [1.82, 2.24) is 24.9 Å². The second-order valence-electron chi connectivity index (χ2n) is 11.8. The summed E-state index contributed by atoms with van der Waals surface area (Å²) in [6.45, 7) is 9.67. The summed E-state index contributed by atoms with van der Waals surface area (Å²) >= 11 is 0. The summed E-state index contributed by atoms with van der Waals surface area (Å²) in [6.07, 6.45) is 3.68. The van der Waals surface area contributed by atoms with Gasteiger partial charge in [-0.15, -0.1) is 0 Å². The first-order chi connectivity index (χ1) is 19.2. The molecular formula is C30H41N5O5. The Labute approximate surface area is 235 Å². The molecule has 2 saturated heterocycles. The smallest absolute Gasteiger partial charge is 0.335 e. The standard InChI is InChI=1S/C30H41N5O5/c1-4-35-26-24(18-30(19-31-27(26)36)7-13-40-14-8-30)25(32-35)16-20(2)15-22-17-21(5-6-23(22)29(38)39)28(37)34-11-9-33(3)10-12-34/h5-6,17,20H,4,7-16,18-19H2,1-3H3,(H,31,36)(H,38,39)/t20-/m1/s1. The van der Waals surface area contributed by atoms with E-state index < -0.39 is 5.97 Å². The van der Waals surface area contributed by atoms with Crippen molar-refractivity contribution in [2.75, 3.05) is 53.0 Å². The number of nitrogens with one attached hydrogen (secondary N) is 1. The maximum absolute atomic E-state index is 13.2. The second kappa shape index (κ2) is 11.7. The number of carboxylic acids is 1. The molecule has 2 N–H and O–H groups in total. The Hall–Kier alpha value is -3.24. The lowest BCUT2D eigenvalue weighted by molar-refractivity contribution is 0.0160. The van der Waals surface area contributed by atoms with Crippen LogP contribution in [-0.4, -0.2) is 95.5 Å². The molecule has 5 rings (SSSR count). The predicted molar refractivity (Wildman–Crippen MR) is 150 cm³/mol. The zero-order chi connectivity index (χ0) is 28.4. The maximum atomic E-state index is 13.2. The van der Waals surface area contributed by atoms with Crippen LogP contribution in [0.3, 0.4) is 0 Å². The van der Waals surface area contributed by atoms with Crippen molar-refractivity contribution in [3.8, 4) is 0 Å². The van der Waals surface area contributed by atoms with Crippen molar-refractivity contribution in [3.63, 3.8) is 0 Å². The molecule has 2 fully saturated rings. The summed E-state index contributed by atoms with van der Waals surface area (Å²) in [5.74, 6) is -1.08. The molecule has 0 aliphatic carbocycles. The molecule has 1 spiro atoms. The van der Waals surface area contributed by atoms with Gasteiger partial charge in [-0.25, -0.2) is 4.79 Å². The SMILES string of the molecule is CCn1nc(C[C@H](C)Cc2cc(C(=O)N3CCN(C)CC3)ccc2C(=O)O)c2c1C(=O)NCC1(CCOCC1)C2. The van der Waals surface area contributed by atoms with Crippen LogP contribution in [0.2, 0.25) is 0 Å². The lowest BCUT2D eigenvalue weighted by Gasteiger charge is -2.36. The highest BCUT2D eigenvalue weighted by Gasteiger charge is 2.40. The van der Waals surface area contributed by atoms with E-state index in [0.29, 0.717) is 69.1 Å². The van der Waals surface area contributed by atoms with Crippen molar-refractivity contribution in [2.45, 2.75) is 52.5 Å². The predicted octanol–water partition coefficient (Wildman–Crippen LogP) is 2.49. The molecule has 2 aromatic rings. The van der Waals surface area contributed by atoms with Crippen molar-refractivity contribution in [3.05, 3.63) is 51.8 Å². The number of carbonyl (C=O) groups excluding carboxylic acids is 2. The number of hydrogen-bond donors (Lipinski definition) is 2. The van der Waals surface area contributed by atoms with Crippen LogP contribution in [0.1, 0.15) is 74.7 Å². The van der Waals surface area contributed by atoms with E-state index in [0.717, 1.165) is 43.6 Å². The molecule has 40 heavy (non-hydrogen) atoms. The molecule has 10 nitrogen and oxygen atoms in total. The fourth-order valence-electron chi connectivity index (χ4n) is 6.40. The van der Waals surface area contributed by atoms with E-state index in [9.17, 15) is 19.5 Å². The van der Waals surface area contributed by atoms with Gasteiger partial charge in [0.1, 0.15) is 5.69 Å². The van der Waals surface area contributed by atoms with Crippen molar-refractivity contribution < 1.29 is 24.2 Å². The molecule has 1 aromatic heterocycles. The fourth-order valence-corrected chi connectivity index (χ4v) is 6.40. The van der Waals surface area contributed by atoms with Gasteiger partial charge in [0.05, 0.1) is 11.3 Å². The molecule has 0 radical (unpaired) electrons. The number of likely N-dealkylation sites (N-methyl/N-ethyl adjacent to an activating group) is 1. The molecule has 0 saturated carbocycles. The molecule has 3 aliphatic rings. The van der Waals surface area contributed by atoms with Crippen LogP contribution < -0.4 is 5.32 Å². The number of benzene rings is 1. The summed E-state index contributed by atoms with van der Waals surface area (Å²) in [6, 6.07) is 4.95. The quantitative estimate of drug-likeness (QED) is 0.543. The van der Waals surface area contributed by atoms with Gasteiger partial charge in [0.2, 0.25) is 0 Å². The molecule has 216 valence electrons. The first-order valence-electron chi connectivity index (χ1n) is 14.5. The van der Waals surface area contributed by atoms with Gasteiger partial charge in [0.15, 0.2) is 0 Å². The Morgan fingerprint density at radius 3 is 2.55 bits per heavy atom. The topological polar surface area (TPSA) is 117 Å². The summed E-state index contributed by atoms with van der Waals surface area (Å²) in [5.41, 5.74) is 3.95. The van der Waals surface area contributed by atoms with E-state index >= 15 is 0 Å². The third-order valence-electron chi connectivity index (χ3n) is 8.86. The first kappa shape index (κ1) is 28.3. The van der Waals surface area contributed by atoms with Gasteiger partial charge in [-0.3, -0.25) is 14.3 Å². The molecule has 0 bridgehead atoms. The van der Waals surface area contributed by atoms with Gasteiger partial charge in [0.25, 0.3) is 11.8 Å². The van der Waals surface area contributed by atoms with Crippen LogP contribution in [0.4, 0.5) is 0 Å². The number of nitrogens with zero attached hydrogens (tertiary/aromatic N) is 4. The minimum Gasteiger partial charge on any atom is -0.478 e. The molecule has 4 heterocycles. The zero-order valence-corrected chi connectivity index (χ0v) is 23.9. The highest BCUT2D eigenvalue weighted by Crippen LogP contribution is 2.38. The minimum atomic E-state index is -0.997. The molecule has 1 aromatic carbocycles. The average molecular weight is 552 g/mol. The van der Waals surface area contributed by atoms with Crippen LogP contribution >= 0.6 is 0 Å². The van der Waals surface area contributed by atoms with Gasteiger partial charge in [0, 0.05) is 63.6 Å². The van der Waals surface area contributed by atoms with Crippen LogP contribution in [0.5, 0.6) is 0 Å². The number of aryl methyl sites for hydroxylation is 1. The number of piperazine rings is 1. The van der Waals surface area contributed by atoms with E-state index in [1.54, 1.807) is 18.2 Å². The Bertz CT molecular complexity index is 1270. The number of fused-ring (bicyclic) bond motifs is 1. The van der Waals surface area contributed by atoms with Crippen LogP contribution in [0, 0.1) is 11.3 Å².